The monoisotopic (exact) mass is 450 g/mol. The van der Waals surface area contributed by atoms with Crippen molar-refractivity contribution in [1.82, 2.24) is 19.4 Å². The predicted molar refractivity (Wildman–Crippen MR) is 121 cm³/mol. The van der Waals surface area contributed by atoms with Crippen molar-refractivity contribution in [2.24, 2.45) is 7.05 Å². The molecule has 5 rings (SSSR count). The first-order chi connectivity index (χ1) is 15.7. The highest BCUT2D eigenvalue weighted by molar-refractivity contribution is 6.01. The van der Waals surface area contributed by atoms with Crippen LogP contribution in [0.1, 0.15) is 23.2 Å². The van der Waals surface area contributed by atoms with Gasteiger partial charge in [-0.2, -0.15) is 0 Å². The molecule has 2 aromatic carbocycles. The highest BCUT2D eigenvalue weighted by Crippen LogP contribution is 2.31. The number of hydrogen-bond donors (Lipinski definition) is 1. The van der Waals surface area contributed by atoms with Gasteiger partial charge in [0.05, 0.1) is 22.0 Å². The zero-order chi connectivity index (χ0) is 23.3. The molecule has 7 nitrogen and oxygen atoms in total. The lowest BCUT2D eigenvalue weighted by atomic mass is 9.99. The zero-order valence-electron chi connectivity index (χ0n) is 17.8. The minimum atomic E-state index is -2.72. The van der Waals surface area contributed by atoms with Crippen molar-refractivity contribution in [3.05, 3.63) is 75.1 Å². The summed E-state index contributed by atoms with van der Waals surface area (Å²) in [7, 11) is 1.58. The van der Waals surface area contributed by atoms with Gasteiger partial charge in [0.15, 0.2) is 0 Å². The van der Waals surface area contributed by atoms with Gasteiger partial charge in [0.1, 0.15) is 0 Å². The van der Waals surface area contributed by atoms with Crippen LogP contribution in [0.2, 0.25) is 0 Å². The molecular formula is C24H20F2N4O3. The van der Waals surface area contributed by atoms with Crippen LogP contribution in [0.3, 0.4) is 0 Å². The van der Waals surface area contributed by atoms with Crippen LogP contribution in [0.5, 0.6) is 0 Å². The molecule has 1 aliphatic rings. The number of aryl methyl sites for hydroxylation is 1. The van der Waals surface area contributed by atoms with Crippen molar-refractivity contribution >= 4 is 27.7 Å². The van der Waals surface area contributed by atoms with Crippen LogP contribution in [0, 0.1) is 0 Å². The second kappa shape index (κ2) is 7.61. The van der Waals surface area contributed by atoms with Crippen LogP contribution < -0.4 is 11.2 Å². The van der Waals surface area contributed by atoms with E-state index in [1.54, 1.807) is 31.3 Å². The van der Waals surface area contributed by atoms with E-state index in [0.717, 1.165) is 16.5 Å². The van der Waals surface area contributed by atoms with Gasteiger partial charge in [-0.1, -0.05) is 24.3 Å². The van der Waals surface area contributed by atoms with Crippen LogP contribution in [-0.4, -0.2) is 44.4 Å². The van der Waals surface area contributed by atoms with Gasteiger partial charge in [-0.25, -0.2) is 13.6 Å². The van der Waals surface area contributed by atoms with Crippen LogP contribution in [0.25, 0.3) is 32.9 Å². The lowest BCUT2D eigenvalue weighted by Gasteiger charge is -2.31. The molecule has 4 aromatic rings. The number of likely N-dealkylation sites (tertiary alicyclic amines) is 1. The largest absolute Gasteiger partial charge is 0.338 e. The lowest BCUT2D eigenvalue weighted by Crippen LogP contribution is -2.42. The van der Waals surface area contributed by atoms with Gasteiger partial charge >= 0.3 is 5.69 Å². The molecule has 0 saturated carbocycles. The average Bonchev–Trinajstić information content (AvgIpc) is 2.81. The number of pyridine rings is 1. The molecule has 1 aliphatic heterocycles. The minimum absolute atomic E-state index is 0.0127. The smallest absolute Gasteiger partial charge is 0.328 e. The Kier molecular flexibility index (Phi) is 4.84. The minimum Gasteiger partial charge on any atom is -0.338 e. The molecule has 9 heteroatoms. The normalized spacial score (nSPS) is 15.8. The van der Waals surface area contributed by atoms with E-state index in [1.165, 1.54) is 15.7 Å². The molecule has 0 atom stereocenters. The number of aromatic nitrogens is 3. The van der Waals surface area contributed by atoms with Crippen LogP contribution in [-0.2, 0) is 7.05 Å². The number of carbonyl (C=O) groups excluding carboxylic acids is 1. The average molecular weight is 450 g/mol. The van der Waals surface area contributed by atoms with Gasteiger partial charge in [-0.15, -0.1) is 0 Å². The van der Waals surface area contributed by atoms with Gasteiger partial charge in [-0.3, -0.25) is 24.1 Å². The van der Waals surface area contributed by atoms with E-state index in [9.17, 15) is 23.2 Å². The second-order valence-electron chi connectivity index (χ2n) is 8.30. The van der Waals surface area contributed by atoms with E-state index < -0.39 is 17.2 Å². The Morgan fingerprint density at radius 3 is 2.61 bits per heavy atom. The summed E-state index contributed by atoms with van der Waals surface area (Å²) >= 11 is 0. The number of hydrogen-bond acceptors (Lipinski definition) is 4. The van der Waals surface area contributed by atoms with E-state index in [2.05, 4.69) is 9.97 Å². The maximum atomic E-state index is 13.4. The Balaban J connectivity index is 1.55. The molecule has 3 heterocycles. The van der Waals surface area contributed by atoms with E-state index in [-0.39, 0.29) is 31.8 Å². The maximum absolute atomic E-state index is 13.4. The third-order valence-electron chi connectivity index (χ3n) is 6.18. The molecule has 0 aliphatic carbocycles. The summed E-state index contributed by atoms with van der Waals surface area (Å²) in [5.41, 5.74) is 2.07. The quantitative estimate of drug-likeness (QED) is 0.508. The fourth-order valence-electron chi connectivity index (χ4n) is 4.26. The second-order valence-corrected chi connectivity index (χ2v) is 8.30. The summed E-state index contributed by atoms with van der Waals surface area (Å²) in [4.78, 5) is 45.2. The number of para-hydroxylation sites is 1. The predicted octanol–water partition coefficient (Wildman–Crippen LogP) is 3.31. The summed E-state index contributed by atoms with van der Waals surface area (Å²) in [5.74, 6) is -3.04. The summed E-state index contributed by atoms with van der Waals surface area (Å²) in [6, 6.07) is 12.4. The van der Waals surface area contributed by atoms with Gasteiger partial charge < -0.3 is 4.90 Å². The van der Waals surface area contributed by atoms with Crippen LogP contribution in [0.15, 0.2) is 58.3 Å². The Morgan fingerprint density at radius 2 is 1.85 bits per heavy atom. The summed E-state index contributed by atoms with van der Waals surface area (Å²) in [5, 5.41) is 1.12. The third-order valence-corrected chi connectivity index (χ3v) is 6.18. The SMILES string of the molecule is Cn1c(=O)[nH]c(=O)c2ccc(-c3cccc4cc(C(=O)N5CCC(F)(F)CC5)cnc34)cc21. The molecule has 1 fully saturated rings. The van der Waals surface area contributed by atoms with Crippen LogP contribution >= 0.6 is 0 Å². The highest BCUT2D eigenvalue weighted by atomic mass is 19.3. The fourth-order valence-corrected chi connectivity index (χ4v) is 4.26. The first-order valence-corrected chi connectivity index (χ1v) is 10.5. The van der Waals surface area contributed by atoms with E-state index >= 15 is 0 Å². The van der Waals surface area contributed by atoms with E-state index in [0.29, 0.717) is 22.0 Å². The Bertz CT molecular complexity index is 1530. The molecule has 2 aromatic heterocycles. The molecule has 1 amide bonds. The number of H-pyrrole nitrogens is 1. The number of fused-ring (bicyclic) bond motifs is 2. The van der Waals surface area contributed by atoms with Crippen molar-refractivity contribution in [3.8, 4) is 11.1 Å². The molecule has 1 saturated heterocycles. The summed E-state index contributed by atoms with van der Waals surface area (Å²) in [6.07, 6.45) is 0.789. The van der Waals surface area contributed by atoms with Crippen molar-refractivity contribution in [2.45, 2.75) is 18.8 Å². The van der Waals surface area contributed by atoms with Crippen molar-refractivity contribution < 1.29 is 13.6 Å². The molecule has 0 spiro atoms. The fraction of sp³-hybridized carbons (Fsp3) is 0.250. The van der Waals surface area contributed by atoms with Crippen LogP contribution in [0.4, 0.5) is 8.78 Å². The van der Waals surface area contributed by atoms with Gasteiger partial charge in [0.2, 0.25) is 0 Å². The summed E-state index contributed by atoms with van der Waals surface area (Å²) < 4.78 is 28.2. The van der Waals surface area contributed by atoms with Gasteiger partial charge in [0, 0.05) is 50.1 Å². The van der Waals surface area contributed by atoms with Crippen molar-refractivity contribution in [1.29, 1.82) is 0 Å². The number of aromatic amines is 1. The number of nitrogens with one attached hydrogen (secondary N) is 1. The maximum Gasteiger partial charge on any atom is 0.328 e. The molecular weight excluding hydrogens is 430 g/mol. The van der Waals surface area contributed by atoms with Crippen molar-refractivity contribution in [3.63, 3.8) is 0 Å². The van der Waals surface area contributed by atoms with E-state index in [1.807, 2.05) is 18.2 Å². The van der Waals surface area contributed by atoms with Gasteiger partial charge in [0.25, 0.3) is 17.4 Å². The Morgan fingerprint density at radius 1 is 1.09 bits per heavy atom. The standard InChI is InChI=1S/C24H20F2N4O3/c1-29-19-12-14(5-6-18(19)21(31)28-23(29)33)17-4-2-3-15-11-16(13-27-20(15)17)22(32)30-9-7-24(25,26)8-10-30/h2-6,11-13H,7-10H2,1H3,(H,28,31,33). The number of benzene rings is 2. The number of halogens is 2. The Labute approximate surface area is 186 Å². The molecule has 1 N–H and O–H groups in total. The zero-order valence-corrected chi connectivity index (χ0v) is 17.8. The topological polar surface area (TPSA) is 88.1 Å². The molecule has 168 valence electrons. The number of nitrogens with zero attached hydrogens (tertiary/aromatic N) is 3. The first-order valence-electron chi connectivity index (χ1n) is 10.5. The number of rotatable bonds is 2. The lowest BCUT2D eigenvalue weighted by molar-refractivity contribution is -0.0494. The van der Waals surface area contributed by atoms with Gasteiger partial charge in [-0.05, 0) is 23.8 Å². The molecule has 0 unspecified atom stereocenters. The number of piperidine rings is 1. The first kappa shape index (κ1) is 21.0. The molecule has 0 bridgehead atoms. The molecule has 0 radical (unpaired) electrons. The number of alkyl halides is 2. The number of amides is 1. The van der Waals surface area contributed by atoms with E-state index in [4.69, 9.17) is 0 Å². The Hall–Kier alpha value is -3.88. The third kappa shape index (κ3) is 3.69. The van der Waals surface area contributed by atoms with Crippen molar-refractivity contribution in [2.75, 3.05) is 13.1 Å². The highest BCUT2D eigenvalue weighted by Gasteiger charge is 2.35. The molecule has 33 heavy (non-hydrogen) atoms. The number of carbonyl (C=O) groups is 1. The summed E-state index contributed by atoms with van der Waals surface area (Å²) in [6.45, 7) is 0.0255.